The lowest BCUT2D eigenvalue weighted by Crippen LogP contribution is -2.40. The van der Waals surface area contributed by atoms with Gasteiger partial charge < -0.3 is 10.4 Å². The van der Waals surface area contributed by atoms with Gasteiger partial charge in [0.2, 0.25) is 0 Å². The molecule has 0 aliphatic carbocycles. The Bertz CT molecular complexity index is 707. The van der Waals surface area contributed by atoms with Gasteiger partial charge >= 0.3 is 5.97 Å². The normalized spacial score (nSPS) is 12.1. The average molecular weight is 336 g/mol. The molecule has 0 bridgehead atoms. The van der Waals surface area contributed by atoms with Crippen LogP contribution in [0.1, 0.15) is 41.6 Å². The molecule has 2 heterocycles. The first-order valence-corrected chi connectivity index (χ1v) is 8.24. The second-order valence-electron chi connectivity index (χ2n) is 5.34. The van der Waals surface area contributed by atoms with Gasteiger partial charge in [0.25, 0.3) is 5.91 Å². The van der Waals surface area contributed by atoms with Crippen LogP contribution in [-0.4, -0.2) is 37.8 Å². The summed E-state index contributed by atoms with van der Waals surface area (Å²) in [4.78, 5) is 28.4. The predicted molar refractivity (Wildman–Crippen MR) is 87.5 cm³/mol. The smallest absolute Gasteiger partial charge is 0.326 e. The van der Waals surface area contributed by atoms with Gasteiger partial charge in [0, 0.05) is 18.8 Å². The summed E-state index contributed by atoms with van der Waals surface area (Å²) in [5, 5.41) is 16.6. The SMILES string of the molecule is CCCCC(NC(=O)c1sc(-c2cnn(C)c2)nc1C)C(=O)O. The van der Waals surface area contributed by atoms with E-state index >= 15 is 0 Å². The fourth-order valence-corrected chi connectivity index (χ4v) is 3.10. The van der Waals surface area contributed by atoms with Gasteiger partial charge in [0.15, 0.2) is 0 Å². The number of carboxylic acids is 1. The number of nitrogens with zero attached hydrogens (tertiary/aromatic N) is 3. The second-order valence-corrected chi connectivity index (χ2v) is 6.34. The maximum Gasteiger partial charge on any atom is 0.326 e. The number of thiazole rings is 1. The summed E-state index contributed by atoms with van der Waals surface area (Å²) in [6.07, 6.45) is 5.55. The van der Waals surface area contributed by atoms with Crippen molar-refractivity contribution in [1.82, 2.24) is 20.1 Å². The van der Waals surface area contributed by atoms with Crippen LogP contribution in [-0.2, 0) is 11.8 Å². The van der Waals surface area contributed by atoms with Crippen LogP contribution in [0.2, 0.25) is 0 Å². The molecule has 2 aromatic rings. The van der Waals surface area contributed by atoms with E-state index < -0.39 is 17.9 Å². The summed E-state index contributed by atoms with van der Waals surface area (Å²) in [6.45, 7) is 3.72. The Morgan fingerprint density at radius 2 is 2.22 bits per heavy atom. The molecular formula is C15H20N4O3S. The highest BCUT2D eigenvalue weighted by molar-refractivity contribution is 7.17. The number of aliphatic carboxylic acids is 1. The molecule has 23 heavy (non-hydrogen) atoms. The summed E-state index contributed by atoms with van der Waals surface area (Å²) in [7, 11) is 1.81. The molecule has 7 nitrogen and oxygen atoms in total. The molecule has 0 aliphatic heterocycles. The van der Waals surface area contributed by atoms with E-state index in [0.717, 1.165) is 18.4 Å². The summed E-state index contributed by atoms with van der Waals surface area (Å²) in [5.41, 5.74) is 1.42. The molecule has 2 rings (SSSR count). The average Bonchev–Trinajstić information content (AvgIpc) is 3.09. The van der Waals surface area contributed by atoms with Crippen molar-refractivity contribution in [3.8, 4) is 10.6 Å². The monoisotopic (exact) mass is 336 g/mol. The van der Waals surface area contributed by atoms with Crippen LogP contribution < -0.4 is 5.32 Å². The fourth-order valence-electron chi connectivity index (χ4n) is 2.15. The van der Waals surface area contributed by atoms with Crippen LogP contribution in [0.4, 0.5) is 0 Å². The van der Waals surface area contributed by atoms with Crippen molar-refractivity contribution in [2.24, 2.45) is 7.05 Å². The quantitative estimate of drug-likeness (QED) is 0.808. The zero-order valence-electron chi connectivity index (χ0n) is 13.4. The maximum absolute atomic E-state index is 12.4. The van der Waals surface area contributed by atoms with Crippen LogP contribution in [0, 0.1) is 6.92 Å². The van der Waals surface area contributed by atoms with Gasteiger partial charge in [-0.25, -0.2) is 9.78 Å². The van der Waals surface area contributed by atoms with Crippen molar-refractivity contribution < 1.29 is 14.7 Å². The lowest BCUT2D eigenvalue weighted by molar-refractivity contribution is -0.139. The number of aryl methyl sites for hydroxylation is 2. The van der Waals surface area contributed by atoms with E-state index in [1.165, 1.54) is 11.3 Å². The minimum atomic E-state index is -1.01. The molecule has 0 aromatic carbocycles. The minimum Gasteiger partial charge on any atom is -0.480 e. The Labute approximate surface area is 138 Å². The number of unbranched alkanes of at least 4 members (excludes halogenated alkanes) is 1. The highest BCUT2D eigenvalue weighted by Crippen LogP contribution is 2.27. The van der Waals surface area contributed by atoms with Crippen molar-refractivity contribution in [3.05, 3.63) is 23.0 Å². The molecule has 1 atom stereocenters. The Morgan fingerprint density at radius 1 is 1.48 bits per heavy atom. The van der Waals surface area contributed by atoms with E-state index in [1.54, 1.807) is 17.8 Å². The molecule has 0 saturated carbocycles. The van der Waals surface area contributed by atoms with Gasteiger partial charge in [-0.2, -0.15) is 5.10 Å². The topological polar surface area (TPSA) is 97.1 Å². The molecule has 0 radical (unpaired) electrons. The molecule has 2 N–H and O–H groups in total. The molecule has 0 aliphatic rings. The van der Waals surface area contributed by atoms with E-state index in [4.69, 9.17) is 0 Å². The summed E-state index contributed by atoms with van der Waals surface area (Å²) in [6, 6.07) is -0.870. The number of carbonyl (C=O) groups is 2. The number of carbonyl (C=O) groups excluding carboxylic acids is 1. The predicted octanol–water partition coefficient (Wildman–Crippen LogP) is 2.23. The summed E-state index contributed by atoms with van der Waals surface area (Å²) >= 11 is 1.24. The Kier molecular flexibility index (Phi) is 5.49. The lowest BCUT2D eigenvalue weighted by atomic mass is 10.1. The highest BCUT2D eigenvalue weighted by atomic mass is 32.1. The number of amides is 1. The molecule has 8 heteroatoms. The minimum absolute atomic E-state index is 0.390. The fraction of sp³-hybridized carbons (Fsp3) is 0.467. The number of carboxylic acid groups (broad SMARTS) is 1. The van der Waals surface area contributed by atoms with Crippen LogP contribution >= 0.6 is 11.3 Å². The van der Waals surface area contributed by atoms with Gasteiger partial charge in [-0.3, -0.25) is 9.48 Å². The van der Waals surface area contributed by atoms with E-state index in [-0.39, 0.29) is 0 Å². The molecule has 124 valence electrons. The Balaban J connectivity index is 2.16. The van der Waals surface area contributed by atoms with Crippen molar-refractivity contribution in [3.63, 3.8) is 0 Å². The number of nitrogens with one attached hydrogen (secondary N) is 1. The van der Waals surface area contributed by atoms with Gasteiger partial charge in [0.05, 0.1) is 11.9 Å². The third-order valence-electron chi connectivity index (χ3n) is 3.40. The number of aromatic nitrogens is 3. The van der Waals surface area contributed by atoms with Crippen LogP contribution in [0.25, 0.3) is 10.6 Å². The van der Waals surface area contributed by atoms with Crippen molar-refractivity contribution in [1.29, 1.82) is 0 Å². The van der Waals surface area contributed by atoms with Crippen LogP contribution in [0.5, 0.6) is 0 Å². The highest BCUT2D eigenvalue weighted by Gasteiger charge is 2.23. The van der Waals surface area contributed by atoms with Gasteiger partial charge in [-0.05, 0) is 13.3 Å². The zero-order chi connectivity index (χ0) is 17.0. The molecule has 2 aromatic heterocycles. The third-order valence-corrected chi connectivity index (χ3v) is 4.61. The van der Waals surface area contributed by atoms with E-state index in [1.807, 2.05) is 20.2 Å². The molecule has 0 fully saturated rings. The first-order valence-electron chi connectivity index (χ1n) is 7.42. The van der Waals surface area contributed by atoms with Crippen molar-refractivity contribution in [2.75, 3.05) is 0 Å². The van der Waals surface area contributed by atoms with E-state index in [2.05, 4.69) is 15.4 Å². The molecule has 0 saturated heterocycles. The number of rotatable bonds is 7. The van der Waals surface area contributed by atoms with E-state index in [9.17, 15) is 14.7 Å². The summed E-state index contributed by atoms with van der Waals surface area (Å²) < 4.78 is 1.66. The van der Waals surface area contributed by atoms with Crippen molar-refractivity contribution >= 4 is 23.2 Å². The zero-order valence-corrected chi connectivity index (χ0v) is 14.2. The van der Waals surface area contributed by atoms with Crippen molar-refractivity contribution in [2.45, 2.75) is 39.2 Å². The first-order chi connectivity index (χ1) is 10.9. The standard InChI is InChI=1S/C15H20N4O3S/c1-4-5-6-11(15(21)22)18-13(20)12-9(2)17-14(23-12)10-7-16-19(3)8-10/h7-8,11H,4-6H2,1-3H3,(H,18,20)(H,21,22). The summed E-state index contributed by atoms with van der Waals surface area (Å²) in [5.74, 6) is -1.40. The maximum atomic E-state index is 12.4. The first kappa shape index (κ1) is 17.1. The lowest BCUT2D eigenvalue weighted by Gasteiger charge is -2.13. The van der Waals surface area contributed by atoms with Crippen LogP contribution in [0.3, 0.4) is 0 Å². The van der Waals surface area contributed by atoms with Gasteiger partial charge in [-0.15, -0.1) is 11.3 Å². The molecule has 1 amide bonds. The molecule has 0 spiro atoms. The largest absolute Gasteiger partial charge is 0.480 e. The number of hydrogen-bond acceptors (Lipinski definition) is 5. The molecule has 1 unspecified atom stereocenters. The van der Waals surface area contributed by atoms with E-state index in [0.29, 0.717) is 22.0 Å². The molecular weight excluding hydrogens is 316 g/mol. The number of hydrogen-bond donors (Lipinski definition) is 2. The Hall–Kier alpha value is -2.22. The Morgan fingerprint density at radius 3 is 2.78 bits per heavy atom. The second kappa shape index (κ2) is 7.36. The third kappa shape index (κ3) is 4.16. The van der Waals surface area contributed by atoms with Gasteiger partial charge in [0.1, 0.15) is 15.9 Å². The van der Waals surface area contributed by atoms with Crippen LogP contribution in [0.15, 0.2) is 12.4 Å². The van der Waals surface area contributed by atoms with Gasteiger partial charge in [-0.1, -0.05) is 19.8 Å².